The molecule has 0 bridgehead atoms. The fraction of sp³-hybridized carbons (Fsp3) is 0.100. The van der Waals surface area contributed by atoms with E-state index in [1.165, 1.54) is 0 Å². The Balaban J connectivity index is 2.02. The number of phenolic OH excluding ortho intramolecular Hbond substituents is 2. The van der Waals surface area contributed by atoms with Crippen LogP contribution in [0.1, 0.15) is 22.3 Å². The molecule has 4 nitrogen and oxygen atoms in total. The van der Waals surface area contributed by atoms with Gasteiger partial charge in [0.2, 0.25) is 0 Å². The van der Waals surface area contributed by atoms with E-state index >= 15 is 0 Å². The number of phenols is 2. The third kappa shape index (κ3) is 3.14. The Morgan fingerprint density at radius 3 is 2.00 bits per heavy atom. The van der Waals surface area contributed by atoms with Gasteiger partial charge in [-0.25, -0.2) is 0 Å². The molecule has 0 radical (unpaired) electrons. The molecule has 0 saturated carbocycles. The average Bonchev–Trinajstić information content (AvgIpc) is 3.16. The lowest BCUT2D eigenvalue weighted by molar-refractivity contribution is 0.0196. The lowest BCUT2D eigenvalue weighted by Crippen LogP contribution is -2.33. The van der Waals surface area contributed by atoms with Crippen LogP contribution in [0.5, 0.6) is 23.0 Å². The largest absolute Gasteiger partial charge is 0.506 e. The topological polar surface area (TPSA) is 58.9 Å². The van der Waals surface area contributed by atoms with E-state index in [-0.39, 0.29) is 43.2 Å². The maximum Gasteiger partial charge on any atom is 0.153 e. The van der Waals surface area contributed by atoms with Crippen LogP contribution >= 0.6 is 126 Å². The maximum atomic E-state index is 10.6. The van der Waals surface area contributed by atoms with Crippen molar-refractivity contribution in [3.63, 3.8) is 0 Å². The molecule has 3 aromatic carbocycles. The van der Waals surface area contributed by atoms with Gasteiger partial charge in [0.1, 0.15) is 5.75 Å². The summed E-state index contributed by atoms with van der Waals surface area (Å²) in [6.45, 7) is 0.0900. The zero-order valence-electron chi connectivity index (χ0n) is 15.1. The Morgan fingerprint density at radius 2 is 1.34 bits per heavy atom. The van der Waals surface area contributed by atoms with Crippen molar-refractivity contribution in [2.45, 2.75) is 12.2 Å². The first-order chi connectivity index (χ1) is 15.0. The van der Waals surface area contributed by atoms with E-state index in [4.69, 9.17) is 67.5 Å². The van der Waals surface area contributed by atoms with Gasteiger partial charge in [-0.15, -0.1) is 0 Å². The molecule has 0 amide bonds. The van der Waals surface area contributed by atoms with Crippen LogP contribution in [0.3, 0.4) is 0 Å². The first-order valence-electron chi connectivity index (χ1n) is 8.62. The highest BCUT2D eigenvalue weighted by Crippen LogP contribution is 2.63. The summed E-state index contributed by atoms with van der Waals surface area (Å²) in [7, 11) is 0. The summed E-state index contributed by atoms with van der Waals surface area (Å²) in [6.07, 6.45) is 0. The normalized spacial score (nSPS) is 18.4. The minimum absolute atomic E-state index is 0.0632. The van der Waals surface area contributed by atoms with Crippen LogP contribution in [-0.2, 0) is 16.9 Å². The second-order valence-electron chi connectivity index (χ2n) is 6.98. The molecule has 0 fully saturated rings. The summed E-state index contributed by atoms with van der Waals surface area (Å²) in [5.74, 6) is 0.616. The van der Waals surface area contributed by atoms with Crippen LogP contribution in [0.4, 0.5) is 0 Å². The summed E-state index contributed by atoms with van der Waals surface area (Å²) in [6, 6.07) is 3.33. The number of hydrogen-bond acceptors (Lipinski definition) is 4. The number of ether oxygens (including phenoxy) is 2. The first kappa shape index (κ1) is 24.4. The molecule has 3 aromatic rings. The molecule has 32 heavy (non-hydrogen) atoms. The summed E-state index contributed by atoms with van der Waals surface area (Å²) in [5.41, 5.74) is 0.882. The molecule has 2 aliphatic heterocycles. The molecular formula is C20H6Cl5I3O4. The smallest absolute Gasteiger partial charge is 0.153 e. The molecule has 0 aromatic heterocycles. The van der Waals surface area contributed by atoms with Gasteiger partial charge in [0.05, 0.1) is 42.4 Å². The fourth-order valence-corrected chi connectivity index (χ4v) is 7.93. The van der Waals surface area contributed by atoms with Crippen molar-refractivity contribution in [2.24, 2.45) is 0 Å². The number of rotatable bonds is 0. The fourth-order valence-electron chi connectivity index (χ4n) is 4.01. The zero-order valence-corrected chi connectivity index (χ0v) is 25.3. The Bertz CT molecular complexity index is 1320. The number of aromatic hydroxyl groups is 2. The summed E-state index contributed by atoms with van der Waals surface area (Å²) in [5, 5.41) is 21.8. The second-order valence-corrected chi connectivity index (χ2v) is 12.2. The van der Waals surface area contributed by atoms with Gasteiger partial charge < -0.3 is 19.7 Å². The van der Waals surface area contributed by atoms with Gasteiger partial charge in [-0.2, -0.15) is 0 Å². The predicted molar refractivity (Wildman–Crippen MR) is 151 cm³/mol. The molecule has 12 heteroatoms. The zero-order chi connectivity index (χ0) is 23.3. The van der Waals surface area contributed by atoms with Crippen molar-refractivity contribution in [3.05, 3.63) is 70.2 Å². The van der Waals surface area contributed by atoms with Crippen LogP contribution in [0.2, 0.25) is 25.1 Å². The van der Waals surface area contributed by atoms with Crippen molar-refractivity contribution in [1.29, 1.82) is 0 Å². The maximum absolute atomic E-state index is 10.6. The van der Waals surface area contributed by atoms with Crippen LogP contribution < -0.4 is 4.74 Å². The highest BCUT2D eigenvalue weighted by Gasteiger charge is 2.54. The third-order valence-electron chi connectivity index (χ3n) is 5.41. The van der Waals surface area contributed by atoms with E-state index in [9.17, 15) is 10.2 Å². The SMILES string of the molecule is Oc1c(Cl)cc2c(c1I)Oc1c(cc(I)c(O)c1I)C21OCc2c(Cl)c(Cl)c(Cl)c(Cl)c21. The summed E-state index contributed by atoms with van der Waals surface area (Å²) in [4.78, 5) is 0. The average molecular weight is 868 g/mol. The van der Waals surface area contributed by atoms with Gasteiger partial charge in [-0.3, -0.25) is 0 Å². The number of hydrogen-bond donors (Lipinski definition) is 2. The van der Waals surface area contributed by atoms with Crippen LogP contribution in [0.25, 0.3) is 0 Å². The number of halogens is 8. The Labute approximate surface area is 247 Å². The lowest BCUT2D eigenvalue weighted by Gasteiger charge is -2.39. The molecule has 0 aliphatic carbocycles. The van der Waals surface area contributed by atoms with Crippen LogP contribution in [0.15, 0.2) is 12.1 Å². The van der Waals surface area contributed by atoms with Crippen LogP contribution in [-0.4, -0.2) is 10.2 Å². The first-order valence-corrected chi connectivity index (χ1v) is 13.7. The van der Waals surface area contributed by atoms with Gasteiger partial charge in [-0.1, -0.05) is 58.0 Å². The monoisotopic (exact) mass is 866 g/mol. The molecule has 5 rings (SSSR count). The van der Waals surface area contributed by atoms with E-state index in [1.54, 1.807) is 12.1 Å². The lowest BCUT2D eigenvalue weighted by atomic mass is 9.77. The summed E-state index contributed by atoms with van der Waals surface area (Å²) < 4.78 is 14.1. The molecule has 1 spiro atoms. The minimum Gasteiger partial charge on any atom is -0.506 e. The quantitative estimate of drug-likeness (QED) is 0.135. The molecule has 1 unspecified atom stereocenters. The molecular weight excluding hydrogens is 862 g/mol. The molecule has 2 N–H and O–H groups in total. The Hall–Kier alpha value is 0.660. The van der Waals surface area contributed by atoms with E-state index in [1.807, 2.05) is 67.8 Å². The van der Waals surface area contributed by atoms with E-state index < -0.39 is 5.60 Å². The standard InChI is InChI=1S/C20H6Cl5I3O4/c21-7-1-5-18(14(27)16(7)29)32-19-6(2-8(26)17(30)15(19)28)20(5)9-4(3-31-20)10(22)12(24)13(25)11(9)23/h1-2,29-30H,3H2. The highest BCUT2D eigenvalue weighted by molar-refractivity contribution is 14.1. The van der Waals surface area contributed by atoms with Gasteiger partial charge in [0, 0.05) is 22.3 Å². The summed E-state index contributed by atoms with van der Waals surface area (Å²) >= 11 is 38.4. The van der Waals surface area contributed by atoms with Crippen molar-refractivity contribution < 1.29 is 19.7 Å². The van der Waals surface area contributed by atoms with Crippen molar-refractivity contribution >= 4 is 126 Å². The highest BCUT2D eigenvalue weighted by atomic mass is 127. The molecule has 1 atom stereocenters. The molecule has 0 saturated heterocycles. The Kier molecular flexibility index (Phi) is 6.36. The third-order valence-corrected chi connectivity index (χ3v) is 10.4. The van der Waals surface area contributed by atoms with E-state index in [2.05, 4.69) is 0 Å². The van der Waals surface area contributed by atoms with E-state index in [0.717, 1.165) is 0 Å². The minimum atomic E-state index is -1.32. The van der Waals surface area contributed by atoms with Gasteiger partial charge >= 0.3 is 0 Å². The predicted octanol–water partition coefficient (Wildman–Crippen LogP) is 9.11. The van der Waals surface area contributed by atoms with Gasteiger partial charge in [-0.05, 0) is 79.9 Å². The Morgan fingerprint density at radius 1 is 0.781 bits per heavy atom. The van der Waals surface area contributed by atoms with Crippen LogP contribution in [0, 0.1) is 10.7 Å². The molecule has 2 heterocycles. The molecule has 2 aliphatic rings. The number of fused-ring (bicyclic) bond motifs is 6. The second kappa shape index (κ2) is 8.36. The molecule has 166 valence electrons. The van der Waals surface area contributed by atoms with Crippen molar-refractivity contribution in [2.75, 3.05) is 0 Å². The van der Waals surface area contributed by atoms with Gasteiger partial charge in [0.15, 0.2) is 22.8 Å². The van der Waals surface area contributed by atoms with Gasteiger partial charge in [0.25, 0.3) is 0 Å². The number of benzene rings is 3. The van der Waals surface area contributed by atoms with Crippen molar-refractivity contribution in [3.8, 4) is 23.0 Å². The van der Waals surface area contributed by atoms with E-state index in [0.29, 0.717) is 44.5 Å². The van der Waals surface area contributed by atoms with Crippen molar-refractivity contribution in [1.82, 2.24) is 0 Å².